The predicted molar refractivity (Wildman–Crippen MR) is 154 cm³/mol. The number of aliphatic hydroxyl groups excluding tert-OH is 3. The fraction of sp³-hybridized carbons (Fsp3) is 0.844. The quantitative estimate of drug-likeness (QED) is 0.328. The van der Waals surface area contributed by atoms with Crippen LogP contribution in [-0.2, 0) is 28.5 Å². The lowest BCUT2D eigenvalue weighted by molar-refractivity contribution is -0.387. The van der Waals surface area contributed by atoms with Gasteiger partial charge in [-0.05, 0) is 62.9 Å². The van der Waals surface area contributed by atoms with Crippen molar-refractivity contribution in [3.05, 3.63) is 22.8 Å². The van der Waals surface area contributed by atoms with Crippen LogP contribution in [0.1, 0.15) is 67.2 Å². The van der Waals surface area contributed by atoms with Gasteiger partial charge in [0.15, 0.2) is 12.1 Å². The first-order chi connectivity index (χ1) is 19.8. The van der Waals surface area contributed by atoms with Crippen molar-refractivity contribution in [2.24, 2.45) is 29.1 Å². The van der Waals surface area contributed by atoms with E-state index in [9.17, 15) is 20.1 Å². The lowest BCUT2D eigenvalue weighted by Crippen LogP contribution is -2.65. The lowest BCUT2D eigenvalue weighted by Gasteiger charge is -2.50. The van der Waals surface area contributed by atoms with E-state index in [-0.39, 0.29) is 30.3 Å². The summed E-state index contributed by atoms with van der Waals surface area (Å²) in [4.78, 5) is 11.8. The SMILES string of the molecule is COC[C@H]1CC[C@@H]2C1=C[C@@]1(C)CCC([C@H](C)CNC(C)=O)=C1[C@@H](O[C@H]1O[C@@H]3COC(C)(C)O[C@H]3[C@H](O)[C@H]1O)[C@H](O)[C@@H]2C. The summed E-state index contributed by atoms with van der Waals surface area (Å²) < 4.78 is 30.1. The van der Waals surface area contributed by atoms with Crippen LogP contribution in [-0.4, -0.2) is 96.8 Å². The number of fused-ring (bicyclic) bond motifs is 3. The highest BCUT2D eigenvalue weighted by atomic mass is 16.8. The molecule has 10 heteroatoms. The van der Waals surface area contributed by atoms with Crippen molar-refractivity contribution in [1.82, 2.24) is 5.32 Å². The highest BCUT2D eigenvalue weighted by Crippen LogP contribution is 2.55. The minimum Gasteiger partial charge on any atom is -0.390 e. The number of ether oxygens (including phenoxy) is 5. The maximum Gasteiger partial charge on any atom is 0.216 e. The third-order valence-electron chi connectivity index (χ3n) is 10.4. The molecule has 1 amide bonds. The Hall–Kier alpha value is -1.37. The van der Waals surface area contributed by atoms with Crippen LogP contribution in [0.2, 0.25) is 0 Å². The van der Waals surface area contributed by atoms with Gasteiger partial charge in [0.1, 0.15) is 30.5 Å². The standard InChI is InChI=1S/C32H51NO9/c1-16(13-33-18(3)34)20-10-11-32(6)12-22-19(14-38-7)8-9-21(22)17(2)25(35)29(24(20)32)41-30-27(37)26(36)28-23(40-30)15-39-31(4,5)42-28/h12,16-17,19,21,23,25-30,35-37H,8-11,13-15H2,1-7H3,(H,33,34)/t16-,17-,19-,21+,23-,25-,26-,27-,28-,29-,30-,32-/m1/s1. The van der Waals surface area contributed by atoms with Crippen molar-refractivity contribution in [3.8, 4) is 0 Å². The molecule has 0 aromatic carbocycles. The molecule has 12 atom stereocenters. The largest absolute Gasteiger partial charge is 0.390 e. The van der Waals surface area contributed by atoms with Crippen molar-refractivity contribution in [1.29, 1.82) is 0 Å². The van der Waals surface area contributed by atoms with E-state index in [0.29, 0.717) is 19.1 Å². The van der Waals surface area contributed by atoms with Gasteiger partial charge in [-0.2, -0.15) is 0 Å². The second kappa shape index (κ2) is 12.2. The molecular weight excluding hydrogens is 542 g/mol. The fourth-order valence-electron chi connectivity index (χ4n) is 8.10. The fourth-order valence-corrected chi connectivity index (χ4v) is 8.10. The number of methoxy groups -OCH3 is 1. The Morgan fingerprint density at radius 2 is 1.90 bits per heavy atom. The predicted octanol–water partition coefficient (Wildman–Crippen LogP) is 2.45. The number of allylic oxidation sites excluding steroid dienone is 1. The lowest BCUT2D eigenvalue weighted by atomic mass is 9.68. The van der Waals surface area contributed by atoms with Crippen LogP contribution in [0.3, 0.4) is 0 Å². The zero-order valence-corrected chi connectivity index (χ0v) is 26.2. The molecular formula is C32H51NO9. The summed E-state index contributed by atoms with van der Waals surface area (Å²) in [7, 11) is 1.74. The molecule has 4 N–H and O–H groups in total. The molecule has 42 heavy (non-hydrogen) atoms. The molecule has 3 fully saturated rings. The summed E-state index contributed by atoms with van der Waals surface area (Å²) in [6.07, 6.45) is -0.891. The smallest absolute Gasteiger partial charge is 0.216 e. The molecule has 5 rings (SSSR count). The number of carbonyl (C=O) groups excluding carboxylic acids is 1. The van der Waals surface area contributed by atoms with E-state index in [1.807, 2.05) is 0 Å². The molecule has 2 saturated heterocycles. The Balaban J connectivity index is 1.53. The first kappa shape index (κ1) is 32.0. The summed E-state index contributed by atoms with van der Waals surface area (Å²) in [5.74, 6) is -0.634. The van der Waals surface area contributed by atoms with Crippen molar-refractivity contribution in [2.75, 3.05) is 26.9 Å². The third kappa shape index (κ3) is 5.98. The first-order valence-corrected chi connectivity index (χ1v) is 15.6. The summed E-state index contributed by atoms with van der Waals surface area (Å²) in [6.45, 7) is 12.7. The average molecular weight is 594 g/mol. The number of aliphatic hydroxyl groups is 3. The van der Waals surface area contributed by atoms with E-state index in [2.05, 4.69) is 32.2 Å². The van der Waals surface area contributed by atoms with Gasteiger partial charge in [-0.15, -0.1) is 0 Å². The molecule has 0 spiro atoms. The summed E-state index contributed by atoms with van der Waals surface area (Å²) in [5, 5.41) is 37.4. The van der Waals surface area contributed by atoms with Crippen LogP contribution in [0.5, 0.6) is 0 Å². The van der Waals surface area contributed by atoms with Gasteiger partial charge in [0.25, 0.3) is 0 Å². The minimum atomic E-state index is -1.38. The Morgan fingerprint density at radius 1 is 1.17 bits per heavy atom. The van der Waals surface area contributed by atoms with Gasteiger partial charge in [0, 0.05) is 31.9 Å². The third-order valence-corrected chi connectivity index (χ3v) is 10.4. The van der Waals surface area contributed by atoms with Gasteiger partial charge in [-0.25, -0.2) is 0 Å². The van der Waals surface area contributed by atoms with E-state index in [1.54, 1.807) is 21.0 Å². The number of hydrogen-bond donors (Lipinski definition) is 4. The molecule has 10 nitrogen and oxygen atoms in total. The van der Waals surface area contributed by atoms with Crippen LogP contribution >= 0.6 is 0 Å². The number of amides is 1. The summed E-state index contributed by atoms with van der Waals surface area (Å²) in [6, 6.07) is 0. The van der Waals surface area contributed by atoms with E-state index in [4.69, 9.17) is 23.7 Å². The van der Waals surface area contributed by atoms with Crippen LogP contribution in [0.4, 0.5) is 0 Å². The van der Waals surface area contributed by atoms with Gasteiger partial charge < -0.3 is 44.3 Å². The summed E-state index contributed by atoms with van der Waals surface area (Å²) >= 11 is 0. The van der Waals surface area contributed by atoms with Crippen LogP contribution in [0.25, 0.3) is 0 Å². The monoisotopic (exact) mass is 593 g/mol. The summed E-state index contributed by atoms with van der Waals surface area (Å²) in [5.41, 5.74) is 3.08. The van der Waals surface area contributed by atoms with Gasteiger partial charge in [-0.1, -0.05) is 38.0 Å². The van der Waals surface area contributed by atoms with Crippen molar-refractivity contribution < 1.29 is 43.8 Å². The van der Waals surface area contributed by atoms with Crippen molar-refractivity contribution in [2.45, 2.75) is 116 Å². The maximum absolute atomic E-state index is 12.1. The van der Waals surface area contributed by atoms with E-state index in [1.165, 1.54) is 12.5 Å². The number of rotatable bonds is 7. The van der Waals surface area contributed by atoms with Crippen LogP contribution < -0.4 is 5.32 Å². The van der Waals surface area contributed by atoms with E-state index in [0.717, 1.165) is 36.8 Å². The van der Waals surface area contributed by atoms with Gasteiger partial charge in [-0.3, -0.25) is 4.79 Å². The molecule has 0 aromatic rings. The van der Waals surface area contributed by atoms with Gasteiger partial charge >= 0.3 is 0 Å². The number of carbonyl (C=O) groups is 1. The Kier molecular flexibility index (Phi) is 9.30. The van der Waals surface area contributed by atoms with Crippen molar-refractivity contribution >= 4 is 5.91 Å². The van der Waals surface area contributed by atoms with Gasteiger partial charge in [0.2, 0.25) is 5.91 Å². The second-order valence-corrected chi connectivity index (χ2v) is 13.9. The molecule has 2 heterocycles. The van der Waals surface area contributed by atoms with E-state index >= 15 is 0 Å². The highest BCUT2D eigenvalue weighted by Gasteiger charge is 2.54. The normalized spacial score (nSPS) is 43.9. The zero-order chi connectivity index (χ0) is 30.6. The zero-order valence-electron chi connectivity index (χ0n) is 26.2. The molecule has 0 unspecified atom stereocenters. The van der Waals surface area contributed by atoms with Gasteiger partial charge in [0.05, 0.1) is 19.3 Å². The Labute approximate surface area is 249 Å². The topological polar surface area (TPSA) is 136 Å². The molecule has 0 aromatic heterocycles. The molecule has 2 aliphatic heterocycles. The van der Waals surface area contributed by atoms with Crippen molar-refractivity contribution in [3.63, 3.8) is 0 Å². The second-order valence-electron chi connectivity index (χ2n) is 13.9. The van der Waals surface area contributed by atoms with Crippen LogP contribution in [0.15, 0.2) is 22.8 Å². The molecule has 0 radical (unpaired) electrons. The first-order valence-electron chi connectivity index (χ1n) is 15.6. The highest BCUT2D eigenvalue weighted by molar-refractivity contribution is 5.72. The van der Waals surface area contributed by atoms with Crippen LogP contribution in [0, 0.1) is 29.1 Å². The maximum atomic E-state index is 12.1. The molecule has 3 aliphatic carbocycles. The molecule has 5 aliphatic rings. The molecule has 0 bridgehead atoms. The number of nitrogens with one attached hydrogen (secondary N) is 1. The Morgan fingerprint density at radius 3 is 2.60 bits per heavy atom. The van der Waals surface area contributed by atoms with E-state index < -0.39 is 54.1 Å². The molecule has 238 valence electrons. The number of hydrogen-bond acceptors (Lipinski definition) is 9. The minimum absolute atomic E-state index is 0.0147. The molecule has 1 saturated carbocycles. The Bertz CT molecular complexity index is 1070. The average Bonchev–Trinajstić information content (AvgIpc) is 3.47.